The van der Waals surface area contributed by atoms with Gasteiger partial charge in [-0.15, -0.1) is 0 Å². The van der Waals surface area contributed by atoms with Gasteiger partial charge in [0.15, 0.2) is 0 Å². The first kappa shape index (κ1) is 17.0. The van der Waals surface area contributed by atoms with E-state index in [0.717, 1.165) is 19.1 Å². The molecule has 0 radical (unpaired) electrons. The van der Waals surface area contributed by atoms with Crippen LogP contribution in [0, 0.1) is 15.9 Å². The minimum Gasteiger partial charge on any atom is -0.481 e. The Morgan fingerprint density at radius 3 is 2.14 bits per heavy atom. The van der Waals surface area contributed by atoms with Gasteiger partial charge in [0, 0.05) is 18.6 Å². The summed E-state index contributed by atoms with van der Waals surface area (Å²) >= 11 is 0. The number of hydrogen-bond acceptors (Lipinski definition) is 4. The van der Waals surface area contributed by atoms with Crippen molar-refractivity contribution in [3.8, 4) is 0 Å². The zero-order valence-electron chi connectivity index (χ0n) is 11.5. The number of nitro benzene ring substituents is 1. The molecule has 0 bridgehead atoms. The molecule has 114 valence electrons. The first-order valence-corrected chi connectivity index (χ1v) is 6.06. The van der Waals surface area contributed by atoms with Crippen molar-refractivity contribution < 1.29 is 24.0 Å². The van der Waals surface area contributed by atoms with Crippen LogP contribution in [0.2, 0.25) is 0 Å². The largest absolute Gasteiger partial charge is 0.481 e. The summed E-state index contributed by atoms with van der Waals surface area (Å²) in [6.45, 7) is 1.08. The summed E-state index contributed by atoms with van der Waals surface area (Å²) in [5, 5.41) is 18.2. The number of nitro groups is 1. The van der Waals surface area contributed by atoms with Crippen molar-refractivity contribution in [1.29, 1.82) is 0 Å². The Hall–Kier alpha value is -3.09. The monoisotopic (exact) mass is 305 g/mol. The van der Waals surface area contributed by atoms with Crippen LogP contribution in [0.25, 0.3) is 0 Å². The van der Waals surface area contributed by atoms with E-state index in [9.17, 15) is 19.3 Å². The Morgan fingerprint density at radius 2 is 1.64 bits per heavy atom. The van der Waals surface area contributed by atoms with Crippen LogP contribution in [-0.2, 0) is 4.79 Å². The van der Waals surface area contributed by atoms with Crippen molar-refractivity contribution in [1.82, 2.24) is 0 Å². The molecule has 0 unspecified atom stereocenters. The minimum absolute atomic E-state index is 0.214. The first-order chi connectivity index (χ1) is 10.3. The third-order valence-corrected chi connectivity index (χ3v) is 2.45. The van der Waals surface area contributed by atoms with Gasteiger partial charge >= 0.3 is 0 Å². The summed E-state index contributed by atoms with van der Waals surface area (Å²) in [4.78, 5) is 31.1. The lowest BCUT2D eigenvalue weighted by Gasteiger charge is -2.03. The Kier molecular flexibility index (Phi) is 5.88. The number of hydrogen-bond donors (Lipinski definition) is 1. The fraction of sp³-hybridized carbons (Fsp3) is 0.0667. The van der Waals surface area contributed by atoms with Gasteiger partial charge < -0.3 is 5.11 Å². The summed E-state index contributed by atoms with van der Waals surface area (Å²) < 4.78 is 13.6. The molecule has 0 aromatic heterocycles. The Bertz CT molecular complexity index is 696. The van der Waals surface area contributed by atoms with Crippen LogP contribution in [0.1, 0.15) is 22.8 Å². The topological polar surface area (TPSA) is 97.5 Å². The zero-order chi connectivity index (χ0) is 16.7. The van der Waals surface area contributed by atoms with E-state index in [2.05, 4.69) is 0 Å². The van der Waals surface area contributed by atoms with Gasteiger partial charge in [0.2, 0.25) is 5.78 Å². The lowest BCUT2D eigenvalue weighted by molar-refractivity contribution is -0.385. The number of carboxylic acids is 1. The van der Waals surface area contributed by atoms with Crippen molar-refractivity contribution in [3.05, 3.63) is 75.6 Å². The van der Waals surface area contributed by atoms with E-state index < -0.39 is 33.7 Å². The number of rotatable bonds is 3. The van der Waals surface area contributed by atoms with Crippen LogP contribution in [-0.4, -0.2) is 21.8 Å². The SMILES string of the molecule is CC(=O)O.O=C(c1ccccc1)c1c(F)cccc1[N+](=O)[O-]. The second-order valence-electron chi connectivity index (χ2n) is 4.11. The van der Waals surface area contributed by atoms with E-state index in [4.69, 9.17) is 9.90 Å². The molecule has 0 atom stereocenters. The third-order valence-electron chi connectivity index (χ3n) is 2.45. The molecule has 0 saturated carbocycles. The van der Waals surface area contributed by atoms with Crippen molar-refractivity contribution in [3.63, 3.8) is 0 Å². The molecule has 6 nitrogen and oxygen atoms in total. The summed E-state index contributed by atoms with van der Waals surface area (Å²) in [6, 6.07) is 11.2. The van der Waals surface area contributed by atoms with Crippen molar-refractivity contribution in [2.45, 2.75) is 6.92 Å². The number of aliphatic carboxylic acids is 1. The molecule has 2 rings (SSSR count). The van der Waals surface area contributed by atoms with Crippen molar-refractivity contribution >= 4 is 17.4 Å². The molecule has 0 amide bonds. The average Bonchev–Trinajstić information content (AvgIpc) is 2.46. The van der Waals surface area contributed by atoms with Gasteiger partial charge in [-0.25, -0.2) is 4.39 Å². The molecule has 0 saturated heterocycles. The highest BCUT2D eigenvalue weighted by atomic mass is 19.1. The maximum absolute atomic E-state index is 13.6. The van der Waals surface area contributed by atoms with Gasteiger partial charge in [-0.3, -0.25) is 19.7 Å². The Morgan fingerprint density at radius 1 is 1.09 bits per heavy atom. The van der Waals surface area contributed by atoms with Crippen LogP contribution in [0.3, 0.4) is 0 Å². The second kappa shape index (κ2) is 7.63. The van der Waals surface area contributed by atoms with Gasteiger partial charge in [0.25, 0.3) is 11.7 Å². The maximum Gasteiger partial charge on any atom is 0.300 e. The van der Waals surface area contributed by atoms with Crippen LogP contribution < -0.4 is 0 Å². The average molecular weight is 305 g/mol. The smallest absolute Gasteiger partial charge is 0.300 e. The molecule has 7 heteroatoms. The van der Waals surface area contributed by atoms with Gasteiger partial charge in [0.1, 0.15) is 11.4 Å². The first-order valence-electron chi connectivity index (χ1n) is 6.06. The fourth-order valence-electron chi connectivity index (χ4n) is 1.62. The number of ketones is 1. The van der Waals surface area contributed by atoms with E-state index in [-0.39, 0.29) is 5.56 Å². The summed E-state index contributed by atoms with van der Waals surface area (Å²) in [7, 11) is 0. The summed E-state index contributed by atoms with van der Waals surface area (Å²) in [6.07, 6.45) is 0. The van der Waals surface area contributed by atoms with E-state index in [1.165, 1.54) is 18.2 Å². The van der Waals surface area contributed by atoms with E-state index in [0.29, 0.717) is 0 Å². The highest BCUT2D eigenvalue weighted by Gasteiger charge is 2.24. The molecule has 0 fully saturated rings. The molecule has 0 aliphatic heterocycles. The van der Waals surface area contributed by atoms with Crippen LogP contribution in [0.5, 0.6) is 0 Å². The molecule has 0 spiro atoms. The molecule has 0 aliphatic rings. The molecule has 1 N–H and O–H groups in total. The number of nitrogens with zero attached hydrogens (tertiary/aromatic N) is 1. The molecule has 2 aromatic carbocycles. The predicted molar refractivity (Wildman–Crippen MR) is 76.2 cm³/mol. The molecule has 2 aromatic rings. The highest BCUT2D eigenvalue weighted by Crippen LogP contribution is 2.24. The molecular formula is C15H12FNO5. The minimum atomic E-state index is -0.891. The highest BCUT2D eigenvalue weighted by molar-refractivity contribution is 6.11. The van der Waals surface area contributed by atoms with E-state index in [1.54, 1.807) is 18.2 Å². The van der Waals surface area contributed by atoms with Crippen LogP contribution in [0.15, 0.2) is 48.5 Å². The Labute approximate surface area is 125 Å². The van der Waals surface area contributed by atoms with Crippen molar-refractivity contribution in [2.24, 2.45) is 0 Å². The normalized spacial score (nSPS) is 9.36. The van der Waals surface area contributed by atoms with Crippen LogP contribution >= 0.6 is 0 Å². The maximum atomic E-state index is 13.6. The van der Waals surface area contributed by atoms with Crippen LogP contribution in [0.4, 0.5) is 10.1 Å². The van der Waals surface area contributed by atoms with E-state index >= 15 is 0 Å². The second-order valence-corrected chi connectivity index (χ2v) is 4.11. The molecule has 22 heavy (non-hydrogen) atoms. The van der Waals surface area contributed by atoms with Gasteiger partial charge in [-0.2, -0.15) is 0 Å². The van der Waals surface area contributed by atoms with Gasteiger partial charge in [-0.1, -0.05) is 36.4 Å². The molecule has 0 aliphatic carbocycles. The predicted octanol–water partition coefficient (Wildman–Crippen LogP) is 3.06. The van der Waals surface area contributed by atoms with E-state index in [1.807, 2.05) is 0 Å². The lowest BCUT2D eigenvalue weighted by Crippen LogP contribution is -2.08. The summed E-state index contributed by atoms with van der Waals surface area (Å²) in [5.41, 5.74) is -0.816. The number of carboxylic acid groups (broad SMARTS) is 1. The summed E-state index contributed by atoms with van der Waals surface area (Å²) in [5.74, 6) is -2.42. The van der Waals surface area contributed by atoms with Gasteiger partial charge in [-0.05, 0) is 6.07 Å². The number of carbonyl (C=O) groups is 2. The fourth-order valence-corrected chi connectivity index (χ4v) is 1.62. The molecular weight excluding hydrogens is 293 g/mol. The lowest BCUT2D eigenvalue weighted by atomic mass is 10.0. The third kappa shape index (κ3) is 4.48. The molecule has 0 heterocycles. The number of benzene rings is 2. The quantitative estimate of drug-likeness (QED) is 0.534. The zero-order valence-corrected chi connectivity index (χ0v) is 11.5. The standard InChI is InChI=1S/C13H8FNO3.C2H4O2/c14-10-7-4-8-11(15(17)18)12(10)13(16)9-5-2-1-3-6-9;1-2(3)4/h1-8H;1H3,(H,3,4). The Balaban J connectivity index is 0.000000541. The number of carbonyl (C=O) groups excluding carboxylic acids is 1. The number of halogens is 1. The van der Waals surface area contributed by atoms with Gasteiger partial charge in [0.05, 0.1) is 4.92 Å². The van der Waals surface area contributed by atoms with Crippen molar-refractivity contribution in [2.75, 3.05) is 0 Å².